The molecule has 0 fully saturated rings. The third-order valence-corrected chi connectivity index (χ3v) is 3.01. The zero-order valence-corrected chi connectivity index (χ0v) is 8.20. The number of fused-ring (bicyclic) bond motifs is 1. The second-order valence-electron chi connectivity index (χ2n) is 4.77. The van der Waals surface area contributed by atoms with Crippen LogP contribution in [0.1, 0.15) is 37.1 Å². The highest BCUT2D eigenvalue weighted by molar-refractivity contribution is 5.32. The SMILES string of the molecule is Cc1c[nH]c2c1CC(C)(C)CC2. The number of rotatable bonds is 0. The fraction of sp³-hybridized carbons (Fsp3) is 0.636. The van der Waals surface area contributed by atoms with E-state index < -0.39 is 0 Å². The van der Waals surface area contributed by atoms with Gasteiger partial charge in [-0.15, -0.1) is 0 Å². The van der Waals surface area contributed by atoms with E-state index in [4.69, 9.17) is 0 Å². The van der Waals surface area contributed by atoms with E-state index in [0.29, 0.717) is 5.41 Å². The summed E-state index contributed by atoms with van der Waals surface area (Å²) in [4.78, 5) is 3.36. The molecule has 0 bridgehead atoms. The first kappa shape index (κ1) is 7.90. The fourth-order valence-electron chi connectivity index (χ4n) is 2.11. The highest BCUT2D eigenvalue weighted by Gasteiger charge is 2.26. The maximum absolute atomic E-state index is 3.36. The van der Waals surface area contributed by atoms with Crippen molar-refractivity contribution in [3.05, 3.63) is 23.0 Å². The molecule has 0 radical (unpaired) electrons. The van der Waals surface area contributed by atoms with Gasteiger partial charge in [-0.3, -0.25) is 0 Å². The van der Waals surface area contributed by atoms with E-state index in [0.717, 1.165) is 0 Å². The number of H-pyrrole nitrogens is 1. The van der Waals surface area contributed by atoms with Crippen LogP contribution in [0, 0.1) is 12.3 Å². The zero-order chi connectivity index (χ0) is 8.77. The van der Waals surface area contributed by atoms with Crippen molar-refractivity contribution in [2.75, 3.05) is 0 Å². The molecule has 12 heavy (non-hydrogen) atoms. The maximum atomic E-state index is 3.36. The monoisotopic (exact) mass is 163 g/mol. The average Bonchev–Trinajstić information content (AvgIpc) is 2.31. The molecule has 1 aliphatic rings. The second kappa shape index (κ2) is 2.38. The van der Waals surface area contributed by atoms with Gasteiger partial charge in [0.15, 0.2) is 0 Å². The van der Waals surface area contributed by atoms with E-state index in [2.05, 4.69) is 32.0 Å². The van der Waals surface area contributed by atoms with Crippen molar-refractivity contribution in [1.29, 1.82) is 0 Å². The zero-order valence-electron chi connectivity index (χ0n) is 8.20. The van der Waals surface area contributed by atoms with Crippen molar-refractivity contribution >= 4 is 0 Å². The molecule has 0 saturated carbocycles. The molecule has 1 N–H and O–H groups in total. The molecule has 0 aromatic carbocycles. The summed E-state index contributed by atoms with van der Waals surface area (Å²) in [5.41, 5.74) is 5.01. The van der Waals surface area contributed by atoms with E-state index in [-0.39, 0.29) is 0 Å². The Labute approximate surface area is 74.2 Å². The first-order chi connectivity index (χ1) is 5.58. The van der Waals surface area contributed by atoms with Crippen LogP contribution in [0.2, 0.25) is 0 Å². The molecule has 0 unspecified atom stereocenters. The van der Waals surface area contributed by atoms with Crippen molar-refractivity contribution in [2.45, 2.75) is 40.0 Å². The molecule has 0 amide bonds. The molecule has 0 aliphatic heterocycles. The standard InChI is InChI=1S/C11H17N/c1-8-7-12-10-4-5-11(2,3)6-9(8)10/h7,12H,4-6H2,1-3H3. The Balaban J connectivity index is 2.38. The lowest BCUT2D eigenvalue weighted by atomic mass is 9.76. The summed E-state index contributed by atoms with van der Waals surface area (Å²) in [6.45, 7) is 6.93. The number of aromatic nitrogens is 1. The molecule has 0 atom stereocenters. The van der Waals surface area contributed by atoms with E-state index in [1.807, 2.05) is 0 Å². The molecule has 1 aromatic heterocycles. The molecule has 0 saturated heterocycles. The van der Waals surface area contributed by atoms with Gasteiger partial charge in [-0.25, -0.2) is 0 Å². The Morgan fingerprint density at radius 2 is 2.17 bits per heavy atom. The first-order valence-electron chi connectivity index (χ1n) is 4.74. The molecular weight excluding hydrogens is 146 g/mol. The number of nitrogens with one attached hydrogen (secondary N) is 1. The van der Waals surface area contributed by atoms with Crippen LogP contribution < -0.4 is 0 Å². The summed E-state index contributed by atoms with van der Waals surface area (Å²) in [5.74, 6) is 0. The van der Waals surface area contributed by atoms with Crippen molar-refractivity contribution < 1.29 is 0 Å². The minimum atomic E-state index is 0.514. The summed E-state index contributed by atoms with van der Waals surface area (Å²) in [6, 6.07) is 0. The lowest BCUT2D eigenvalue weighted by Crippen LogP contribution is -2.21. The summed E-state index contributed by atoms with van der Waals surface area (Å²) in [5, 5.41) is 0. The summed E-state index contributed by atoms with van der Waals surface area (Å²) >= 11 is 0. The quantitative estimate of drug-likeness (QED) is 0.605. The van der Waals surface area contributed by atoms with E-state index >= 15 is 0 Å². The van der Waals surface area contributed by atoms with Crippen LogP contribution >= 0.6 is 0 Å². The van der Waals surface area contributed by atoms with Crippen LogP contribution in [-0.2, 0) is 12.8 Å². The van der Waals surface area contributed by atoms with Crippen molar-refractivity contribution in [1.82, 2.24) is 4.98 Å². The molecule has 2 rings (SSSR count). The Morgan fingerprint density at radius 1 is 1.42 bits per heavy atom. The van der Waals surface area contributed by atoms with Gasteiger partial charge in [0.25, 0.3) is 0 Å². The van der Waals surface area contributed by atoms with Gasteiger partial charge in [0.05, 0.1) is 0 Å². The molecule has 66 valence electrons. The van der Waals surface area contributed by atoms with Crippen LogP contribution in [0.5, 0.6) is 0 Å². The number of hydrogen-bond acceptors (Lipinski definition) is 0. The smallest absolute Gasteiger partial charge is 0.0182 e. The molecule has 0 spiro atoms. The minimum absolute atomic E-state index is 0.514. The fourth-order valence-corrected chi connectivity index (χ4v) is 2.11. The molecule has 1 heteroatoms. The van der Waals surface area contributed by atoms with E-state index in [1.54, 1.807) is 5.56 Å². The lowest BCUT2D eigenvalue weighted by molar-refractivity contribution is 0.313. The largest absolute Gasteiger partial charge is 0.364 e. The van der Waals surface area contributed by atoms with Gasteiger partial charge < -0.3 is 4.98 Å². The Kier molecular flexibility index (Phi) is 1.57. The number of aryl methyl sites for hydroxylation is 2. The molecule has 1 aromatic rings. The molecular formula is C11H17N. The Bertz CT molecular complexity index is 294. The average molecular weight is 163 g/mol. The molecule has 1 aliphatic carbocycles. The van der Waals surface area contributed by atoms with Gasteiger partial charge in [0.1, 0.15) is 0 Å². The topological polar surface area (TPSA) is 15.8 Å². The highest BCUT2D eigenvalue weighted by atomic mass is 14.7. The third-order valence-electron chi connectivity index (χ3n) is 3.01. The minimum Gasteiger partial charge on any atom is -0.364 e. The van der Waals surface area contributed by atoms with Crippen molar-refractivity contribution in [3.63, 3.8) is 0 Å². The Morgan fingerprint density at radius 3 is 2.92 bits per heavy atom. The number of aromatic amines is 1. The predicted octanol–water partition coefficient (Wildman–Crippen LogP) is 2.84. The lowest BCUT2D eigenvalue weighted by Gasteiger charge is -2.29. The van der Waals surface area contributed by atoms with Crippen LogP contribution in [0.15, 0.2) is 6.20 Å². The van der Waals surface area contributed by atoms with Gasteiger partial charge in [0.2, 0.25) is 0 Å². The molecule has 1 heterocycles. The summed E-state index contributed by atoms with van der Waals surface area (Å²) in [7, 11) is 0. The van der Waals surface area contributed by atoms with Crippen LogP contribution in [0.4, 0.5) is 0 Å². The van der Waals surface area contributed by atoms with E-state index in [1.165, 1.54) is 30.5 Å². The Hall–Kier alpha value is -0.720. The summed E-state index contributed by atoms with van der Waals surface area (Å²) < 4.78 is 0. The predicted molar refractivity (Wildman–Crippen MR) is 51.3 cm³/mol. The van der Waals surface area contributed by atoms with Gasteiger partial charge >= 0.3 is 0 Å². The summed E-state index contributed by atoms with van der Waals surface area (Å²) in [6.07, 6.45) is 5.94. The van der Waals surface area contributed by atoms with Gasteiger partial charge in [-0.1, -0.05) is 13.8 Å². The van der Waals surface area contributed by atoms with Gasteiger partial charge in [-0.2, -0.15) is 0 Å². The van der Waals surface area contributed by atoms with E-state index in [9.17, 15) is 0 Å². The van der Waals surface area contributed by atoms with Crippen LogP contribution in [-0.4, -0.2) is 4.98 Å². The maximum Gasteiger partial charge on any atom is 0.0182 e. The third kappa shape index (κ3) is 1.17. The normalized spacial score (nSPS) is 20.6. The van der Waals surface area contributed by atoms with Crippen LogP contribution in [0.3, 0.4) is 0 Å². The molecule has 1 nitrogen and oxygen atoms in total. The van der Waals surface area contributed by atoms with Gasteiger partial charge in [-0.05, 0) is 42.7 Å². The van der Waals surface area contributed by atoms with Crippen molar-refractivity contribution in [3.8, 4) is 0 Å². The van der Waals surface area contributed by atoms with Crippen LogP contribution in [0.25, 0.3) is 0 Å². The second-order valence-corrected chi connectivity index (χ2v) is 4.77. The number of hydrogen-bond donors (Lipinski definition) is 1. The first-order valence-corrected chi connectivity index (χ1v) is 4.74. The highest BCUT2D eigenvalue weighted by Crippen LogP contribution is 2.35. The van der Waals surface area contributed by atoms with Gasteiger partial charge in [0, 0.05) is 11.9 Å². The van der Waals surface area contributed by atoms with Crippen molar-refractivity contribution in [2.24, 2.45) is 5.41 Å².